The van der Waals surface area contributed by atoms with E-state index >= 15 is 0 Å². The van der Waals surface area contributed by atoms with Crippen molar-refractivity contribution in [3.05, 3.63) is 23.8 Å². The number of piperidine rings is 1. The van der Waals surface area contributed by atoms with Gasteiger partial charge in [0, 0.05) is 18.5 Å². The van der Waals surface area contributed by atoms with Gasteiger partial charge in [0.05, 0.1) is 25.9 Å². The fourth-order valence-electron chi connectivity index (χ4n) is 2.92. The Bertz CT molecular complexity index is 517. The number of carbonyl (C=O) groups excluding carboxylic acids is 1. The number of ether oxygens (including phenoxy) is 2. The molecule has 1 aromatic carbocycles. The van der Waals surface area contributed by atoms with Gasteiger partial charge in [-0.25, -0.2) is 0 Å². The fourth-order valence-corrected chi connectivity index (χ4v) is 2.92. The molecule has 1 unspecified atom stereocenters. The van der Waals surface area contributed by atoms with Crippen LogP contribution in [0, 0.1) is 0 Å². The van der Waals surface area contributed by atoms with Gasteiger partial charge < -0.3 is 19.5 Å². The average Bonchev–Trinajstić information content (AvgIpc) is 2.78. The molecule has 0 aromatic heterocycles. The summed E-state index contributed by atoms with van der Waals surface area (Å²) in [6.45, 7) is 1.97. The number of aliphatic hydroxyl groups is 1. The van der Waals surface area contributed by atoms with E-state index in [4.69, 9.17) is 9.47 Å². The number of carbonyl (C=O) groups is 1. The average molecular weight is 291 g/mol. The largest absolute Gasteiger partial charge is 0.490 e. The van der Waals surface area contributed by atoms with Crippen LogP contribution in [0.3, 0.4) is 0 Å². The second-order valence-electron chi connectivity index (χ2n) is 5.54. The number of fused-ring (bicyclic) bond motifs is 1. The molecule has 2 heterocycles. The van der Waals surface area contributed by atoms with Gasteiger partial charge in [0.2, 0.25) is 0 Å². The summed E-state index contributed by atoms with van der Waals surface area (Å²) >= 11 is 0. The van der Waals surface area contributed by atoms with Gasteiger partial charge in [-0.1, -0.05) is 0 Å². The van der Waals surface area contributed by atoms with Gasteiger partial charge in [-0.05, 0) is 37.5 Å². The zero-order valence-electron chi connectivity index (χ0n) is 12.1. The van der Waals surface area contributed by atoms with Crippen molar-refractivity contribution >= 4 is 5.91 Å². The molecule has 1 atom stereocenters. The number of hydrogen-bond donors (Lipinski definition) is 1. The molecule has 2 aliphatic rings. The van der Waals surface area contributed by atoms with Crippen molar-refractivity contribution in [3.8, 4) is 11.5 Å². The highest BCUT2D eigenvalue weighted by Gasteiger charge is 2.27. The Kier molecular flexibility index (Phi) is 4.29. The minimum absolute atomic E-state index is 0.0241. The van der Waals surface area contributed by atoms with Crippen LogP contribution in [-0.2, 0) is 0 Å². The summed E-state index contributed by atoms with van der Waals surface area (Å²) in [4.78, 5) is 14.4. The summed E-state index contributed by atoms with van der Waals surface area (Å²) in [7, 11) is 0. The van der Waals surface area contributed by atoms with Crippen molar-refractivity contribution in [1.82, 2.24) is 4.90 Å². The lowest BCUT2D eigenvalue weighted by Gasteiger charge is -2.34. The maximum atomic E-state index is 12.7. The number of amides is 1. The SMILES string of the molecule is O=C(c1ccc2c(c1)OCCCO2)N1CCCCC1CO. The first-order valence-corrected chi connectivity index (χ1v) is 7.61. The van der Waals surface area contributed by atoms with Gasteiger partial charge in [0.1, 0.15) is 0 Å². The van der Waals surface area contributed by atoms with Crippen LogP contribution in [0.1, 0.15) is 36.0 Å². The molecule has 0 aliphatic carbocycles. The van der Waals surface area contributed by atoms with E-state index in [1.807, 2.05) is 0 Å². The molecule has 5 heteroatoms. The molecule has 0 saturated carbocycles. The van der Waals surface area contributed by atoms with Crippen molar-refractivity contribution in [1.29, 1.82) is 0 Å². The summed E-state index contributed by atoms with van der Waals surface area (Å²) in [6, 6.07) is 5.26. The van der Waals surface area contributed by atoms with Crippen LogP contribution >= 0.6 is 0 Å². The number of nitrogens with zero attached hydrogens (tertiary/aromatic N) is 1. The van der Waals surface area contributed by atoms with E-state index in [9.17, 15) is 9.90 Å². The normalized spacial score (nSPS) is 21.8. The van der Waals surface area contributed by atoms with Crippen molar-refractivity contribution in [2.75, 3.05) is 26.4 Å². The Hall–Kier alpha value is -1.75. The van der Waals surface area contributed by atoms with Crippen LogP contribution in [0.25, 0.3) is 0 Å². The summed E-state index contributed by atoms with van der Waals surface area (Å²) < 4.78 is 11.2. The number of benzene rings is 1. The summed E-state index contributed by atoms with van der Waals surface area (Å²) in [5.41, 5.74) is 0.597. The van der Waals surface area contributed by atoms with E-state index in [2.05, 4.69) is 0 Å². The first kappa shape index (κ1) is 14.2. The molecule has 1 saturated heterocycles. The molecular weight excluding hydrogens is 270 g/mol. The lowest BCUT2D eigenvalue weighted by Crippen LogP contribution is -2.45. The quantitative estimate of drug-likeness (QED) is 0.903. The Balaban J connectivity index is 1.82. The van der Waals surface area contributed by atoms with Crippen molar-refractivity contribution < 1.29 is 19.4 Å². The first-order chi connectivity index (χ1) is 10.3. The zero-order chi connectivity index (χ0) is 14.7. The van der Waals surface area contributed by atoms with Crippen LogP contribution in [0.15, 0.2) is 18.2 Å². The van der Waals surface area contributed by atoms with Crippen LogP contribution in [0.2, 0.25) is 0 Å². The molecule has 114 valence electrons. The lowest BCUT2D eigenvalue weighted by atomic mass is 10.0. The summed E-state index contributed by atoms with van der Waals surface area (Å²) in [5, 5.41) is 9.45. The van der Waals surface area contributed by atoms with E-state index < -0.39 is 0 Å². The van der Waals surface area contributed by atoms with E-state index in [0.29, 0.717) is 36.8 Å². The molecule has 1 amide bonds. The molecule has 3 rings (SSSR count). The van der Waals surface area contributed by atoms with E-state index in [1.54, 1.807) is 23.1 Å². The highest BCUT2D eigenvalue weighted by atomic mass is 16.5. The molecule has 0 bridgehead atoms. The zero-order valence-corrected chi connectivity index (χ0v) is 12.1. The second kappa shape index (κ2) is 6.35. The van der Waals surface area contributed by atoms with E-state index in [1.165, 1.54) is 0 Å². The van der Waals surface area contributed by atoms with Crippen LogP contribution in [0.4, 0.5) is 0 Å². The molecule has 21 heavy (non-hydrogen) atoms. The Morgan fingerprint density at radius 3 is 2.81 bits per heavy atom. The van der Waals surface area contributed by atoms with Crippen LogP contribution in [-0.4, -0.2) is 48.3 Å². The van der Waals surface area contributed by atoms with Gasteiger partial charge in [-0.3, -0.25) is 4.79 Å². The fraction of sp³-hybridized carbons (Fsp3) is 0.562. The predicted molar refractivity (Wildman–Crippen MR) is 77.8 cm³/mol. The highest BCUT2D eigenvalue weighted by molar-refractivity contribution is 5.95. The maximum Gasteiger partial charge on any atom is 0.254 e. The maximum absolute atomic E-state index is 12.7. The van der Waals surface area contributed by atoms with Gasteiger partial charge >= 0.3 is 0 Å². The molecule has 1 aromatic rings. The van der Waals surface area contributed by atoms with E-state index in [0.717, 1.165) is 25.7 Å². The highest BCUT2D eigenvalue weighted by Crippen LogP contribution is 2.31. The predicted octanol–water partition coefficient (Wildman–Crippen LogP) is 1.83. The second-order valence-corrected chi connectivity index (χ2v) is 5.54. The molecule has 1 fully saturated rings. The van der Waals surface area contributed by atoms with Gasteiger partial charge in [-0.2, -0.15) is 0 Å². The Labute approximate surface area is 124 Å². The summed E-state index contributed by atoms with van der Waals surface area (Å²) in [6.07, 6.45) is 3.77. The molecule has 2 aliphatic heterocycles. The number of rotatable bonds is 2. The Morgan fingerprint density at radius 1 is 1.19 bits per heavy atom. The van der Waals surface area contributed by atoms with Crippen molar-refractivity contribution in [2.24, 2.45) is 0 Å². The molecule has 0 spiro atoms. The van der Waals surface area contributed by atoms with E-state index in [-0.39, 0.29) is 18.6 Å². The Morgan fingerprint density at radius 2 is 2.00 bits per heavy atom. The monoisotopic (exact) mass is 291 g/mol. The molecule has 5 nitrogen and oxygen atoms in total. The van der Waals surface area contributed by atoms with Crippen molar-refractivity contribution in [3.63, 3.8) is 0 Å². The molecule has 1 N–H and O–H groups in total. The number of aliphatic hydroxyl groups excluding tert-OH is 1. The smallest absolute Gasteiger partial charge is 0.254 e. The van der Waals surface area contributed by atoms with Gasteiger partial charge in [-0.15, -0.1) is 0 Å². The summed E-state index contributed by atoms with van der Waals surface area (Å²) in [5.74, 6) is 1.29. The molecular formula is C16H21NO4. The number of likely N-dealkylation sites (tertiary alicyclic amines) is 1. The number of hydrogen-bond acceptors (Lipinski definition) is 4. The minimum atomic E-state index is -0.0674. The van der Waals surface area contributed by atoms with Crippen LogP contribution in [0.5, 0.6) is 11.5 Å². The third kappa shape index (κ3) is 2.97. The lowest BCUT2D eigenvalue weighted by molar-refractivity contribution is 0.0502. The first-order valence-electron chi connectivity index (χ1n) is 7.61. The van der Waals surface area contributed by atoms with Gasteiger partial charge in [0.15, 0.2) is 11.5 Å². The van der Waals surface area contributed by atoms with Crippen LogP contribution < -0.4 is 9.47 Å². The topological polar surface area (TPSA) is 59.0 Å². The third-order valence-electron chi connectivity index (χ3n) is 4.09. The standard InChI is InChI=1S/C16H21NO4/c18-11-13-4-1-2-7-17(13)16(19)12-5-6-14-15(10-12)21-9-3-8-20-14/h5-6,10,13,18H,1-4,7-9,11H2. The van der Waals surface area contributed by atoms with Crippen molar-refractivity contribution in [2.45, 2.75) is 31.7 Å². The minimum Gasteiger partial charge on any atom is -0.490 e. The van der Waals surface area contributed by atoms with Gasteiger partial charge in [0.25, 0.3) is 5.91 Å². The molecule has 0 radical (unpaired) electrons. The third-order valence-corrected chi connectivity index (χ3v) is 4.09.